The summed E-state index contributed by atoms with van der Waals surface area (Å²) < 4.78 is 10.9. The van der Waals surface area contributed by atoms with Crippen LogP contribution >= 0.6 is 12.2 Å². The highest BCUT2D eigenvalue weighted by Gasteiger charge is 2.25. The second-order valence-electron chi connectivity index (χ2n) is 4.43. The van der Waals surface area contributed by atoms with Gasteiger partial charge in [0.05, 0.1) is 6.61 Å². The Morgan fingerprint density at radius 2 is 1.91 bits per heavy atom. The summed E-state index contributed by atoms with van der Waals surface area (Å²) >= 11 is 4.75. The van der Waals surface area contributed by atoms with Crippen molar-refractivity contribution in [3.8, 4) is 23.8 Å². The fraction of sp³-hybridized carbons (Fsp3) is 0.188. The summed E-state index contributed by atoms with van der Waals surface area (Å²) in [5, 5.41) is 4.74. The van der Waals surface area contributed by atoms with Crippen LogP contribution in [0.1, 0.15) is 12.5 Å². The van der Waals surface area contributed by atoms with E-state index in [-0.39, 0.29) is 17.3 Å². The van der Waals surface area contributed by atoms with Crippen LogP contribution in [0.25, 0.3) is 6.08 Å². The number of benzene rings is 1. The van der Waals surface area contributed by atoms with Crippen LogP contribution in [-0.2, 0) is 9.59 Å². The molecule has 2 amide bonds. The van der Waals surface area contributed by atoms with E-state index in [2.05, 4.69) is 16.6 Å². The first kappa shape index (κ1) is 16.5. The van der Waals surface area contributed by atoms with Crippen molar-refractivity contribution >= 4 is 35.2 Å². The lowest BCUT2D eigenvalue weighted by atomic mass is 10.1. The summed E-state index contributed by atoms with van der Waals surface area (Å²) in [4.78, 5) is 23.7. The van der Waals surface area contributed by atoms with Crippen LogP contribution in [0.4, 0.5) is 0 Å². The van der Waals surface area contributed by atoms with Crippen LogP contribution in [0.3, 0.4) is 0 Å². The largest absolute Gasteiger partial charge is 0.490 e. The van der Waals surface area contributed by atoms with E-state index in [1.807, 2.05) is 6.92 Å². The quantitative estimate of drug-likeness (QED) is 0.365. The van der Waals surface area contributed by atoms with Gasteiger partial charge >= 0.3 is 0 Å². The van der Waals surface area contributed by atoms with E-state index in [0.29, 0.717) is 23.7 Å². The van der Waals surface area contributed by atoms with Crippen molar-refractivity contribution in [3.05, 3.63) is 29.3 Å². The number of hydrogen-bond donors (Lipinski definition) is 2. The normalized spacial score (nSPS) is 13.7. The maximum atomic E-state index is 11.8. The van der Waals surface area contributed by atoms with E-state index >= 15 is 0 Å². The molecule has 1 saturated heterocycles. The summed E-state index contributed by atoms with van der Waals surface area (Å²) in [6, 6.07) is 5.02. The molecule has 0 saturated carbocycles. The zero-order chi connectivity index (χ0) is 16.8. The third kappa shape index (κ3) is 4.08. The SMILES string of the molecule is C#CCOc1ccc(C=C2C(=O)NC(=S)NC2=O)cc1OCC. The van der Waals surface area contributed by atoms with E-state index in [1.54, 1.807) is 18.2 Å². The van der Waals surface area contributed by atoms with Crippen molar-refractivity contribution in [3.63, 3.8) is 0 Å². The summed E-state index contributed by atoms with van der Waals surface area (Å²) in [6.07, 6.45) is 6.62. The molecule has 1 aromatic carbocycles. The predicted molar refractivity (Wildman–Crippen MR) is 88.8 cm³/mol. The number of thiocarbonyl (C=S) groups is 1. The minimum Gasteiger partial charge on any atom is -0.490 e. The highest BCUT2D eigenvalue weighted by atomic mass is 32.1. The van der Waals surface area contributed by atoms with Crippen LogP contribution in [0, 0.1) is 12.3 Å². The van der Waals surface area contributed by atoms with Crippen molar-refractivity contribution in [1.82, 2.24) is 10.6 Å². The number of carbonyl (C=O) groups is 2. The molecule has 1 aliphatic heterocycles. The third-order valence-corrected chi connectivity index (χ3v) is 3.04. The van der Waals surface area contributed by atoms with Gasteiger partial charge in [0.1, 0.15) is 12.2 Å². The molecule has 7 heteroatoms. The van der Waals surface area contributed by atoms with Crippen molar-refractivity contribution < 1.29 is 19.1 Å². The number of rotatable bonds is 5. The Labute approximate surface area is 138 Å². The fourth-order valence-electron chi connectivity index (χ4n) is 1.89. The second-order valence-corrected chi connectivity index (χ2v) is 4.84. The topological polar surface area (TPSA) is 76.7 Å². The Balaban J connectivity index is 2.32. The highest BCUT2D eigenvalue weighted by Crippen LogP contribution is 2.29. The highest BCUT2D eigenvalue weighted by molar-refractivity contribution is 7.80. The van der Waals surface area contributed by atoms with Gasteiger partial charge in [-0.15, -0.1) is 6.42 Å². The minimum absolute atomic E-state index is 0.00909. The molecule has 0 unspecified atom stereocenters. The van der Waals surface area contributed by atoms with Crippen LogP contribution in [0.15, 0.2) is 23.8 Å². The summed E-state index contributed by atoms with van der Waals surface area (Å²) in [5.74, 6) is 2.24. The number of terminal acetylenes is 1. The molecule has 2 N–H and O–H groups in total. The Kier molecular flexibility index (Phi) is 5.33. The van der Waals surface area contributed by atoms with Gasteiger partial charge in [-0.1, -0.05) is 12.0 Å². The average molecular weight is 330 g/mol. The predicted octanol–water partition coefficient (Wildman–Crippen LogP) is 1.01. The molecule has 2 rings (SSSR count). The van der Waals surface area contributed by atoms with Gasteiger partial charge in [-0.25, -0.2) is 0 Å². The zero-order valence-electron chi connectivity index (χ0n) is 12.3. The lowest BCUT2D eigenvalue weighted by molar-refractivity contribution is -0.123. The molecular formula is C16H14N2O4S. The number of ether oxygens (including phenoxy) is 2. The lowest BCUT2D eigenvalue weighted by Gasteiger charge is -2.16. The molecular weight excluding hydrogens is 316 g/mol. The van der Waals surface area contributed by atoms with Crippen LogP contribution in [0.5, 0.6) is 11.5 Å². The van der Waals surface area contributed by atoms with Crippen LogP contribution < -0.4 is 20.1 Å². The number of carbonyl (C=O) groups excluding carboxylic acids is 2. The molecule has 1 fully saturated rings. The van der Waals surface area contributed by atoms with E-state index in [4.69, 9.17) is 28.1 Å². The van der Waals surface area contributed by atoms with Gasteiger partial charge in [0, 0.05) is 0 Å². The minimum atomic E-state index is -0.552. The zero-order valence-corrected chi connectivity index (χ0v) is 13.2. The van der Waals surface area contributed by atoms with Gasteiger partial charge in [0.2, 0.25) is 0 Å². The number of nitrogens with one attached hydrogen (secondary N) is 2. The van der Waals surface area contributed by atoms with Crippen molar-refractivity contribution in [2.24, 2.45) is 0 Å². The molecule has 0 aliphatic carbocycles. The van der Waals surface area contributed by atoms with Gasteiger partial charge < -0.3 is 9.47 Å². The third-order valence-electron chi connectivity index (χ3n) is 2.83. The molecule has 0 atom stereocenters. The monoisotopic (exact) mass is 330 g/mol. The van der Waals surface area contributed by atoms with Gasteiger partial charge in [-0.3, -0.25) is 20.2 Å². The van der Waals surface area contributed by atoms with Crippen LogP contribution in [0.2, 0.25) is 0 Å². The van der Waals surface area contributed by atoms with Crippen LogP contribution in [-0.4, -0.2) is 30.1 Å². The maximum absolute atomic E-state index is 11.8. The fourth-order valence-corrected chi connectivity index (χ4v) is 2.08. The van der Waals surface area contributed by atoms with E-state index in [0.717, 1.165) is 0 Å². The number of amides is 2. The lowest BCUT2D eigenvalue weighted by Crippen LogP contribution is -2.51. The molecule has 0 spiro atoms. The van der Waals surface area contributed by atoms with E-state index in [9.17, 15) is 9.59 Å². The smallest absolute Gasteiger partial charge is 0.263 e. The molecule has 6 nitrogen and oxygen atoms in total. The first-order valence-electron chi connectivity index (χ1n) is 6.76. The van der Waals surface area contributed by atoms with Crippen molar-refractivity contribution in [2.75, 3.05) is 13.2 Å². The average Bonchev–Trinajstić information content (AvgIpc) is 2.50. The first-order valence-corrected chi connectivity index (χ1v) is 7.17. The molecule has 0 radical (unpaired) electrons. The molecule has 0 aromatic heterocycles. The number of hydrogen-bond acceptors (Lipinski definition) is 5. The summed E-state index contributed by atoms with van der Waals surface area (Å²) in [6.45, 7) is 2.38. The Morgan fingerprint density at radius 1 is 1.22 bits per heavy atom. The molecule has 0 bridgehead atoms. The van der Waals surface area contributed by atoms with Gasteiger partial charge in [0.25, 0.3) is 11.8 Å². The van der Waals surface area contributed by atoms with Gasteiger partial charge in [-0.2, -0.15) is 0 Å². The summed E-state index contributed by atoms with van der Waals surface area (Å²) in [7, 11) is 0. The molecule has 23 heavy (non-hydrogen) atoms. The van der Waals surface area contributed by atoms with Crippen molar-refractivity contribution in [2.45, 2.75) is 6.92 Å². The Hall–Kier alpha value is -2.85. The summed E-state index contributed by atoms with van der Waals surface area (Å²) in [5.41, 5.74) is 0.563. The van der Waals surface area contributed by atoms with E-state index in [1.165, 1.54) is 6.08 Å². The molecule has 1 aromatic rings. The van der Waals surface area contributed by atoms with Gasteiger partial charge in [-0.05, 0) is 42.9 Å². The molecule has 1 heterocycles. The standard InChI is InChI=1S/C16H14N2O4S/c1-3-7-22-12-6-5-10(9-13(12)21-4-2)8-11-14(19)17-16(23)18-15(11)20/h1,5-6,8-9H,4,7H2,2H3,(H2,17,18,19,20,23). The second kappa shape index (κ2) is 7.42. The van der Waals surface area contributed by atoms with E-state index < -0.39 is 11.8 Å². The maximum Gasteiger partial charge on any atom is 0.263 e. The Bertz CT molecular complexity index is 712. The first-order chi connectivity index (χ1) is 11.0. The Morgan fingerprint density at radius 3 is 2.52 bits per heavy atom. The molecule has 118 valence electrons. The van der Waals surface area contributed by atoms with Gasteiger partial charge in [0.15, 0.2) is 16.6 Å². The van der Waals surface area contributed by atoms with Crippen molar-refractivity contribution in [1.29, 1.82) is 0 Å². The molecule has 1 aliphatic rings.